The number of benzene rings is 1. The third-order valence-corrected chi connectivity index (χ3v) is 2.55. The summed E-state index contributed by atoms with van der Waals surface area (Å²) in [6.45, 7) is 1.58. The lowest BCUT2D eigenvalue weighted by Gasteiger charge is -2.13. The third-order valence-electron chi connectivity index (χ3n) is 1.94. The monoisotopic (exact) mass is 277 g/mol. The van der Waals surface area contributed by atoms with Gasteiger partial charge in [-0.1, -0.05) is 0 Å². The summed E-state index contributed by atoms with van der Waals surface area (Å²) in [5.41, 5.74) is 6.13. The van der Waals surface area contributed by atoms with Crippen molar-refractivity contribution in [1.29, 1.82) is 0 Å². The summed E-state index contributed by atoms with van der Waals surface area (Å²) in [5, 5.41) is 9.60. The first-order valence-corrected chi connectivity index (χ1v) is 5.36. The van der Waals surface area contributed by atoms with Gasteiger partial charge in [0, 0.05) is 0 Å². The molecule has 1 aromatic rings. The highest BCUT2D eigenvalue weighted by Gasteiger charge is 2.13. The van der Waals surface area contributed by atoms with E-state index in [-0.39, 0.29) is 5.75 Å². The second kappa shape index (κ2) is 5.32. The molecular weight excluding hydrogens is 265 g/mol. The van der Waals surface area contributed by atoms with E-state index in [0.717, 1.165) is 0 Å². The number of halogens is 2. The summed E-state index contributed by atoms with van der Waals surface area (Å²) in [6, 6.07) is 2.44. The molecule has 0 aliphatic carbocycles. The summed E-state index contributed by atoms with van der Waals surface area (Å²) in [7, 11) is 0. The fraction of sp³-hybridized carbons (Fsp3) is 0.400. The average Bonchev–Trinajstić information content (AvgIpc) is 2.23. The maximum absolute atomic E-state index is 12.4. The van der Waals surface area contributed by atoms with Crippen LogP contribution in [-0.4, -0.2) is 18.4 Å². The maximum atomic E-state index is 12.4. The largest absolute Gasteiger partial charge is 0.503 e. The highest BCUT2D eigenvalue weighted by molar-refractivity contribution is 9.10. The topological polar surface area (TPSA) is 55.5 Å². The van der Waals surface area contributed by atoms with Crippen LogP contribution in [0.2, 0.25) is 0 Å². The molecule has 1 atom stereocenters. The SMILES string of the molecule is CCOc1cc([C@H](N)CF)cc(Br)c1O. The Hall–Kier alpha value is -0.810. The summed E-state index contributed by atoms with van der Waals surface area (Å²) >= 11 is 3.16. The van der Waals surface area contributed by atoms with Crippen molar-refractivity contribution in [3.05, 3.63) is 22.2 Å². The van der Waals surface area contributed by atoms with Crippen molar-refractivity contribution in [2.24, 2.45) is 5.73 Å². The van der Waals surface area contributed by atoms with Crippen LogP contribution in [-0.2, 0) is 0 Å². The molecular formula is C10H13BrFNO2. The zero-order valence-corrected chi connectivity index (χ0v) is 9.92. The van der Waals surface area contributed by atoms with Gasteiger partial charge < -0.3 is 15.6 Å². The molecule has 3 nitrogen and oxygen atoms in total. The Balaban J connectivity index is 3.11. The predicted molar refractivity (Wildman–Crippen MR) is 59.9 cm³/mol. The first-order valence-electron chi connectivity index (χ1n) is 4.56. The van der Waals surface area contributed by atoms with Gasteiger partial charge in [-0.15, -0.1) is 0 Å². The van der Waals surface area contributed by atoms with Crippen molar-refractivity contribution in [2.75, 3.05) is 13.3 Å². The standard InChI is InChI=1S/C10H13BrFNO2/c1-2-15-9-4-6(8(13)5-12)3-7(11)10(9)14/h3-4,8,14H,2,5,13H2,1H3/t8-/m1/s1. The van der Waals surface area contributed by atoms with E-state index in [9.17, 15) is 9.50 Å². The summed E-state index contributed by atoms with van der Waals surface area (Å²) in [4.78, 5) is 0. The Bertz CT molecular complexity index is 346. The van der Waals surface area contributed by atoms with Crippen LogP contribution in [0.15, 0.2) is 16.6 Å². The van der Waals surface area contributed by atoms with Gasteiger partial charge in [0.1, 0.15) is 6.67 Å². The number of alkyl halides is 1. The van der Waals surface area contributed by atoms with Crippen LogP contribution >= 0.6 is 15.9 Å². The number of hydrogen-bond acceptors (Lipinski definition) is 3. The molecule has 3 N–H and O–H groups in total. The molecule has 15 heavy (non-hydrogen) atoms. The Morgan fingerprint density at radius 1 is 1.60 bits per heavy atom. The molecule has 0 unspecified atom stereocenters. The van der Waals surface area contributed by atoms with Crippen molar-refractivity contribution in [3.63, 3.8) is 0 Å². The second-order valence-corrected chi connectivity index (χ2v) is 3.90. The highest BCUT2D eigenvalue weighted by atomic mass is 79.9. The Labute approximate surface area is 96.2 Å². The number of hydrogen-bond donors (Lipinski definition) is 2. The maximum Gasteiger partial charge on any atom is 0.172 e. The van der Waals surface area contributed by atoms with E-state index >= 15 is 0 Å². The number of aromatic hydroxyl groups is 1. The van der Waals surface area contributed by atoms with Crippen LogP contribution in [0.4, 0.5) is 4.39 Å². The molecule has 0 spiro atoms. The average molecular weight is 278 g/mol. The minimum absolute atomic E-state index is 0.00616. The molecule has 0 saturated carbocycles. The van der Waals surface area contributed by atoms with Crippen LogP contribution < -0.4 is 10.5 Å². The van der Waals surface area contributed by atoms with Crippen molar-refractivity contribution < 1.29 is 14.2 Å². The number of phenols is 1. The van der Waals surface area contributed by atoms with E-state index in [1.807, 2.05) is 0 Å². The lowest BCUT2D eigenvalue weighted by atomic mass is 10.1. The number of rotatable bonds is 4. The molecule has 0 aliphatic rings. The molecule has 0 radical (unpaired) electrons. The van der Waals surface area contributed by atoms with Gasteiger partial charge in [-0.05, 0) is 40.5 Å². The van der Waals surface area contributed by atoms with E-state index < -0.39 is 12.7 Å². The number of phenolic OH excluding ortho intramolecular Hbond substituents is 1. The quantitative estimate of drug-likeness (QED) is 0.889. The molecule has 0 heterocycles. The second-order valence-electron chi connectivity index (χ2n) is 3.04. The molecule has 1 aromatic carbocycles. The van der Waals surface area contributed by atoms with Crippen LogP contribution in [0.1, 0.15) is 18.5 Å². The van der Waals surface area contributed by atoms with Gasteiger partial charge in [0.25, 0.3) is 0 Å². The van der Waals surface area contributed by atoms with Crippen molar-refractivity contribution >= 4 is 15.9 Å². The molecule has 0 aliphatic heterocycles. The van der Waals surface area contributed by atoms with E-state index in [4.69, 9.17) is 10.5 Å². The molecule has 84 valence electrons. The third kappa shape index (κ3) is 2.82. The van der Waals surface area contributed by atoms with Gasteiger partial charge >= 0.3 is 0 Å². The fourth-order valence-corrected chi connectivity index (χ4v) is 1.62. The van der Waals surface area contributed by atoms with Gasteiger partial charge in [-0.25, -0.2) is 4.39 Å². The molecule has 0 saturated heterocycles. The highest BCUT2D eigenvalue weighted by Crippen LogP contribution is 2.36. The van der Waals surface area contributed by atoms with Gasteiger partial charge in [0.15, 0.2) is 11.5 Å². The van der Waals surface area contributed by atoms with Crippen LogP contribution in [0, 0.1) is 0 Å². The summed E-state index contributed by atoms with van der Waals surface area (Å²) < 4.78 is 18.0. The Morgan fingerprint density at radius 3 is 2.80 bits per heavy atom. The summed E-state index contributed by atoms with van der Waals surface area (Å²) in [6.07, 6.45) is 0. The van der Waals surface area contributed by atoms with Crippen LogP contribution in [0.3, 0.4) is 0 Å². The van der Waals surface area contributed by atoms with E-state index in [2.05, 4.69) is 15.9 Å². The lowest BCUT2D eigenvalue weighted by Crippen LogP contribution is -2.12. The predicted octanol–water partition coefficient (Wildman–Crippen LogP) is 2.52. The van der Waals surface area contributed by atoms with Crippen LogP contribution in [0.25, 0.3) is 0 Å². The molecule has 0 aromatic heterocycles. The van der Waals surface area contributed by atoms with Crippen molar-refractivity contribution in [1.82, 2.24) is 0 Å². The number of nitrogens with two attached hydrogens (primary N) is 1. The Morgan fingerprint density at radius 2 is 2.27 bits per heavy atom. The van der Waals surface area contributed by atoms with E-state index in [1.165, 1.54) is 0 Å². The van der Waals surface area contributed by atoms with Crippen molar-refractivity contribution in [3.8, 4) is 11.5 Å². The first-order chi connectivity index (χ1) is 7.10. The molecule has 5 heteroatoms. The van der Waals surface area contributed by atoms with Gasteiger partial charge in [-0.2, -0.15) is 0 Å². The molecule has 0 amide bonds. The number of ether oxygens (including phenoxy) is 1. The summed E-state index contributed by atoms with van der Waals surface area (Å²) in [5.74, 6) is 0.317. The molecule has 0 bridgehead atoms. The van der Waals surface area contributed by atoms with Gasteiger partial charge in [0.2, 0.25) is 0 Å². The zero-order valence-electron chi connectivity index (χ0n) is 8.34. The first kappa shape index (κ1) is 12.3. The lowest BCUT2D eigenvalue weighted by molar-refractivity contribution is 0.316. The van der Waals surface area contributed by atoms with Crippen molar-refractivity contribution in [2.45, 2.75) is 13.0 Å². The zero-order chi connectivity index (χ0) is 11.4. The minimum atomic E-state index is -0.693. The molecule has 1 rings (SSSR count). The minimum Gasteiger partial charge on any atom is -0.503 e. The van der Waals surface area contributed by atoms with E-state index in [0.29, 0.717) is 22.4 Å². The van der Waals surface area contributed by atoms with E-state index in [1.54, 1.807) is 19.1 Å². The Kier molecular flexibility index (Phi) is 4.35. The van der Waals surface area contributed by atoms with Gasteiger partial charge in [0.05, 0.1) is 17.1 Å². The smallest absolute Gasteiger partial charge is 0.172 e. The van der Waals surface area contributed by atoms with Crippen LogP contribution in [0.5, 0.6) is 11.5 Å². The van der Waals surface area contributed by atoms with Gasteiger partial charge in [-0.3, -0.25) is 0 Å². The molecule has 0 fully saturated rings. The normalized spacial score (nSPS) is 12.5. The fourth-order valence-electron chi connectivity index (χ4n) is 1.16.